The van der Waals surface area contributed by atoms with Crippen molar-refractivity contribution in [1.82, 2.24) is 20.4 Å². The summed E-state index contributed by atoms with van der Waals surface area (Å²) < 4.78 is 10.8. The van der Waals surface area contributed by atoms with Gasteiger partial charge in [-0.05, 0) is 24.1 Å². The molecule has 124 valence electrons. The Hall–Kier alpha value is -2.57. The zero-order valence-electron chi connectivity index (χ0n) is 13.7. The highest BCUT2D eigenvalue weighted by atomic mass is 16.5. The minimum atomic E-state index is -0.146. The Morgan fingerprint density at radius 1 is 1.35 bits per heavy atom. The maximum atomic E-state index is 11.4. The van der Waals surface area contributed by atoms with Crippen LogP contribution in [0.1, 0.15) is 24.2 Å². The molecule has 0 spiro atoms. The van der Waals surface area contributed by atoms with Crippen LogP contribution >= 0.6 is 0 Å². The molecule has 0 aliphatic carbocycles. The predicted molar refractivity (Wildman–Crippen MR) is 85.2 cm³/mol. The summed E-state index contributed by atoms with van der Waals surface area (Å²) >= 11 is 0. The standard InChI is InChI=1S/C16H22N4O3/c1-4-12-5-7-13(8-6-12)22-11-15-18-14(19-23-15)9-10-20(3)16(21)17-2/h5-8H,4,9-11H2,1-3H3,(H,17,21). The molecule has 2 rings (SSSR count). The zero-order chi connectivity index (χ0) is 16.7. The molecular formula is C16H22N4O3. The Bertz CT molecular complexity index is 625. The number of carbonyl (C=O) groups is 1. The lowest BCUT2D eigenvalue weighted by Crippen LogP contribution is -2.36. The maximum absolute atomic E-state index is 11.4. The van der Waals surface area contributed by atoms with E-state index in [0.29, 0.717) is 24.7 Å². The van der Waals surface area contributed by atoms with Gasteiger partial charge >= 0.3 is 6.03 Å². The van der Waals surface area contributed by atoms with E-state index in [2.05, 4.69) is 22.4 Å². The number of aromatic nitrogens is 2. The second-order valence-corrected chi connectivity index (χ2v) is 5.12. The first kappa shape index (κ1) is 16.8. The number of hydrogen-bond donors (Lipinski definition) is 1. The minimum absolute atomic E-state index is 0.146. The highest BCUT2D eigenvalue weighted by molar-refractivity contribution is 5.73. The van der Waals surface area contributed by atoms with E-state index in [9.17, 15) is 4.79 Å². The van der Waals surface area contributed by atoms with Crippen LogP contribution in [0.2, 0.25) is 0 Å². The molecule has 1 N–H and O–H groups in total. The van der Waals surface area contributed by atoms with E-state index in [1.165, 1.54) is 5.56 Å². The first-order valence-corrected chi connectivity index (χ1v) is 7.58. The normalized spacial score (nSPS) is 10.4. The quantitative estimate of drug-likeness (QED) is 0.845. The molecule has 0 bridgehead atoms. The van der Waals surface area contributed by atoms with Crippen LogP contribution in [0.5, 0.6) is 5.75 Å². The molecule has 0 saturated heterocycles. The first-order chi connectivity index (χ1) is 11.1. The second-order valence-electron chi connectivity index (χ2n) is 5.12. The molecular weight excluding hydrogens is 296 g/mol. The van der Waals surface area contributed by atoms with E-state index in [1.807, 2.05) is 24.3 Å². The largest absolute Gasteiger partial charge is 0.484 e. The van der Waals surface area contributed by atoms with Gasteiger partial charge in [-0.25, -0.2) is 4.79 Å². The van der Waals surface area contributed by atoms with Crippen LogP contribution in [0.4, 0.5) is 4.79 Å². The fraction of sp³-hybridized carbons (Fsp3) is 0.438. The lowest BCUT2D eigenvalue weighted by atomic mass is 10.2. The Morgan fingerprint density at radius 2 is 2.09 bits per heavy atom. The van der Waals surface area contributed by atoms with Gasteiger partial charge in [-0.2, -0.15) is 4.98 Å². The van der Waals surface area contributed by atoms with Crippen molar-refractivity contribution in [2.75, 3.05) is 20.6 Å². The topological polar surface area (TPSA) is 80.5 Å². The number of aryl methyl sites for hydroxylation is 1. The Labute approximate surface area is 135 Å². The summed E-state index contributed by atoms with van der Waals surface area (Å²) in [4.78, 5) is 17.2. The summed E-state index contributed by atoms with van der Waals surface area (Å²) in [5.41, 5.74) is 1.26. The van der Waals surface area contributed by atoms with E-state index in [1.54, 1.807) is 19.0 Å². The van der Waals surface area contributed by atoms with Gasteiger partial charge in [0.2, 0.25) is 0 Å². The average molecular weight is 318 g/mol. The molecule has 0 unspecified atom stereocenters. The van der Waals surface area contributed by atoms with Gasteiger partial charge in [0.25, 0.3) is 5.89 Å². The molecule has 0 aliphatic rings. The molecule has 0 aliphatic heterocycles. The van der Waals surface area contributed by atoms with E-state index < -0.39 is 0 Å². The van der Waals surface area contributed by atoms with Gasteiger partial charge < -0.3 is 19.5 Å². The summed E-state index contributed by atoms with van der Waals surface area (Å²) in [6.45, 7) is 2.85. The molecule has 1 aromatic carbocycles. The van der Waals surface area contributed by atoms with Crippen LogP contribution in [-0.4, -0.2) is 41.7 Å². The Kier molecular flexibility index (Phi) is 5.96. The lowest BCUT2D eigenvalue weighted by Gasteiger charge is -2.14. The van der Waals surface area contributed by atoms with Crippen LogP contribution in [0, 0.1) is 0 Å². The molecule has 23 heavy (non-hydrogen) atoms. The highest BCUT2D eigenvalue weighted by Crippen LogP contribution is 2.14. The van der Waals surface area contributed by atoms with Crippen molar-refractivity contribution >= 4 is 6.03 Å². The zero-order valence-corrected chi connectivity index (χ0v) is 13.7. The molecule has 0 fully saturated rings. The van der Waals surface area contributed by atoms with Crippen LogP contribution in [0.15, 0.2) is 28.8 Å². The highest BCUT2D eigenvalue weighted by Gasteiger charge is 2.10. The average Bonchev–Trinajstić information content (AvgIpc) is 3.05. The monoisotopic (exact) mass is 318 g/mol. The van der Waals surface area contributed by atoms with Crippen molar-refractivity contribution in [2.45, 2.75) is 26.4 Å². The number of hydrogen-bond acceptors (Lipinski definition) is 5. The summed E-state index contributed by atoms with van der Waals surface area (Å²) in [5.74, 6) is 1.74. The van der Waals surface area contributed by atoms with Gasteiger partial charge in [0, 0.05) is 27.1 Å². The van der Waals surface area contributed by atoms with E-state index in [-0.39, 0.29) is 12.6 Å². The number of amides is 2. The third-order valence-corrected chi connectivity index (χ3v) is 3.44. The third kappa shape index (κ3) is 4.98. The number of nitrogens with one attached hydrogen (secondary N) is 1. The van der Waals surface area contributed by atoms with Gasteiger partial charge in [0.05, 0.1) is 0 Å². The number of likely N-dealkylation sites (N-methyl/N-ethyl adjacent to an activating group) is 1. The van der Waals surface area contributed by atoms with Gasteiger partial charge in [-0.15, -0.1) is 0 Å². The first-order valence-electron chi connectivity index (χ1n) is 7.58. The Balaban J connectivity index is 1.81. The summed E-state index contributed by atoms with van der Waals surface area (Å²) in [6.07, 6.45) is 1.52. The molecule has 0 atom stereocenters. The number of ether oxygens (including phenoxy) is 1. The molecule has 1 heterocycles. The van der Waals surface area contributed by atoms with Crippen LogP contribution in [-0.2, 0) is 19.4 Å². The van der Waals surface area contributed by atoms with Crippen molar-refractivity contribution in [2.24, 2.45) is 0 Å². The van der Waals surface area contributed by atoms with Gasteiger partial charge in [-0.1, -0.05) is 24.2 Å². The molecule has 2 amide bonds. The summed E-state index contributed by atoms with van der Waals surface area (Å²) in [5, 5.41) is 6.44. The fourth-order valence-corrected chi connectivity index (χ4v) is 1.98. The fourth-order valence-electron chi connectivity index (χ4n) is 1.98. The van der Waals surface area contributed by atoms with Crippen LogP contribution < -0.4 is 10.1 Å². The van der Waals surface area contributed by atoms with E-state index in [0.717, 1.165) is 12.2 Å². The van der Waals surface area contributed by atoms with Gasteiger partial charge in [-0.3, -0.25) is 0 Å². The predicted octanol–water partition coefficient (Wildman–Crippen LogP) is 2.02. The van der Waals surface area contributed by atoms with Crippen molar-refractivity contribution in [3.63, 3.8) is 0 Å². The van der Waals surface area contributed by atoms with Gasteiger partial charge in [0.1, 0.15) is 5.75 Å². The SMILES string of the molecule is CCc1ccc(OCc2nc(CCN(C)C(=O)NC)no2)cc1. The second kappa shape index (κ2) is 8.17. The minimum Gasteiger partial charge on any atom is -0.484 e. The summed E-state index contributed by atoms with van der Waals surface area (Å²) in [7, 11) is 3.30. The third-order valence-electron chi connectivity index (χ3n) is 3.44. The van der Waals surface area contributed by atoms with E-state index in [4.69, 9.17) is 9.26 Å². The van der Waals surface area contributed by atoms with Crippen molar-refractivity contribution in [3.05, 3.63) is 41.5 Å². The molecule has 1 aromatic heterocycles. The molecule has 0 saturated carbocycles. The van der Waals surface area contributed by atoms with E-state index >= 15 is 0 Å². The number of benzene rings is 1. The van der Waals surface area contributed by atoms with Crippen molar-refractivity contribution < 1.29 is 14.1 Å². The number of nitrogens with zero attached hydrogens (tertiary/aromatic N) is 3. The summed E-state index contributed by atoms with van der Waals surface area (Å²) in [6, 6.07) is 7.77. The molecule has 7 heteroatoms. The number of carbonyl (C=O) groups excluding carboxylic acids is 1. The lowest BCUT2D eigenvalue weighted by molar-refractivity contribution is 0.211. The molecule has 7 nitrogen and oxygen atoms in total. The van der Waals surface area contributed by atoms with Crippen LogP contribution in [0.25, 0.3) is 0 Å². The maximum Gasteiger partial charge on any atom is 0.316 e. The smallest absolute Gasteiger partial charge is 0.316 e. The van der Waals surface area contributed by atoms with Gasteiger partial charge in [0.15, 0.2) is 12.4 Å². The Morgan fingerprint density at radius 3 is 2.74 bits per heavy atom. The van der Waals surface area contributed by atoms with Crippen LogP contribution in [0.3, 0.4) is 0 Å². The van der Waals surface area contributed by atoms with Crippen molar-refractivity contribution in [1.29, 1.82) is 0 Å². The number of rotatable bonds is 7. The molecule has 2 aromatic rings. The van der Waals surface area contributed by atoms with Crippen molar-refractivity contribution in [3.8, 4) is 5.75 Å². The molecule has 0 radical (unpaired) electrons. The number of urea groups is 1.